The van der Waals surface area contributed by atoms with E-state index in [-0.39, 0.29) is 5.91 Å². The maximum Gasteiger partial charge on any atom is 0.227 e. The van der Waals surface area contributed by atoms with Crippen LogP contribution < -0.4 is 5.32 Å². The van der Waals surface area contributed by atoms with Crippen LogP contribution in [0.15, 0.2) is 24.4 Å². The Hall–Kier alpha value is -1.42. The zero-order chi connectivity index (χ0) is 12.1. The van der Waals surface area contributed by atoms with Crippen LogP contribution in [0.4, 0.5) is 5.82 Å². The highest BCUT2D eigenvalue weighted by Gasteiger charge is 2.20. The van der Waals surface area contributed by atoms with Gasteiger partial charge in [-0.05, 0) is 45.0 Å². The van der Waals surface area contributed by atoms with Crippen LogP contribution in [0.2, 0.25) is 0 Å². The summed E-state index contributed by atoms with van der Waals surface area (Å²) in [5.74, 6) is 0.675. The van der Waals surface area contributed by atoms with E-state index in [1.54, 1.807) is 12.3 Å². The monoisotopic (exact) mass is 233 g/mol. The number of amides is 1. The highest BCUT2D eigenvalue weighted by molar-refractivity contribution is 5.90. The molecule has 4 heteroatoms. The van der Waals surface area contributed by atoms with Crippen LogP contribution in [0.3, 0.4) is 0 Å². The summed E-state index contributed by atoms with van der Waals surface area (Å²) < 4.78 is 0. The van der Waals surface area contributed by atoms with Gasteiger partial charge < -0.3 is 10.2 Å². The fraction of sp³-hybridized carbons (Fsp3) is 0.538. The third-order valence-electron chi connectivity index (χ3n) is 3.18. The van der Waals surface area contributed by atoms with E-state index >= 15 is 0 Å². The Kier molecular flexibility index (Phi) is 4.09. The van der Waals surface area contributed by atoms with Crippen molar-refractivity contribution in [1.29, 1.82) is 0 Å². The second kappa shape index (κ2) is 5.77. The molecule has 1 fully saturated rings. The maximum atomic E-state index is 11.8. The number of carbonyl (C=O) groups is 1. The largest absolute Gasteiger partial charge is 0.311 e. The average Bonchev–Trinajstić information content (AvgIpc) is 2.83. The predicted molar refractivity (Wildman–Crippen MR) is 67.8 cm³/mol. The van der Waals surface area contributed by atoms with E-state index in [2.05, 4.69) is 22.1 Å². The van der Waals surface area contributed by atoms with Gasteiger partial charge in [-0.3, -0.25) is 4.79 Å². The summed E-state index contributed by atoms with van der Waals surface area (Å²) in [6.45, 7) is 4.36. The van der Waals surface area contributed by atoms with Crippen molar-refractivity contribution in [3.8, 4) is 0 Å². The second-order valence-corrected chi connectivity index (χ2v) is 4.56. The maximum absolute atomic E-state index is 11.8. The molecule has 0 radical (unpaired) electrons. The fourth-order valence-electron chi connectivity index (χ4n) is 2.21. The molecule has 92 valence electrons. The minimum Gasteiger partial charge on any atom is -0.311 e. The first-order valence-corrected chi connectivity index (χ1v) is 6.20. The SMILES string of the molecule is C[C@H](CC(=O)Nc1ccccn1)N1CCCC1. The molecular weight excluding hydrogens is 214 g/mol. The number of carbonyl (C=O) groups excluding carboxylic acids is 1. The number of aromatic nitrogens is 1. The molecule has 1 aliphatic rings. The van der Waals surface area contributed by atoms with Crippen molar-refractivity contribution < 1.29 is 4.79 Å². The minimum atomic E-state index is 0.0445. The molecule has 1 saturated heterocycles. The first-order valence-electron chi connectivity index (χ1n) is 6.20. The van der Waals surface area contributed by atoms with E-state index in [9.17, 15) is 4.79 Å². The highest BCUT2D eigenvalue weighted by atomic mass is 16.1. The molecule has 0 bridgehead atoms. The van der Waals surface area contributed by atoms with E-state index in [0.29, 0.717) is 18.3 Å². The average molecular weight is 233 g/mol. The Morgan fingerprint density at radius 1 is 1.47 bits per heavy atom. The summed E-state index contributed by atoms with van der Waals surface area (Å²) >= 11 is 0. The van der Waals surface area contributed by atoms with Crippen LogP contribution in [-0.2, 0) is 4.79 Å². The number of anilines is 1. The molecule has 1 amide bonds. The molecule has 2 rings (SSSR count). The van der Waals surface area contributed by atoms with Gasteiger partial charge >= 0.3 is 0 Å². The van der Waals surface area contributed by atoms with E-state index in [0.717, 1.165) is 13.1 Å². The van der Waals surface area contributed by atoms with Gasteiger partial charge in [0.2, 0.25) is 5.91 Å². The molecule has 0 aliphatic carbocycles. The lowest BCUT2D eigenvalue weighted by atomic mass is 10.2. The third kappa shape index (κ3) is 3.53. The standard InChI is InChI=1S/C13H19N3O/c1-11(16-8-4-5-9-16)10-13(17)15-12-6-2-3-7-14-12/h2-3,6-7,11H,4-5,8-10H2,1H3,(H,14,15,17)/t11-/m1/s1. The molecule has 2 heterocycles. The van der Waals surface area contributed by atoms with Gasteiger partial charge in [-0.2, -0.15) is 0 Å². The Bertz CT molecular complexity index is 360. The Labute approximate surface area is 102 Å². The van der Waals surface area contributed by atoms with Gasteiger partial charge in [0, 0.05) is 18.7 Å². The van der Waals surface area contributed by atoms with Gasteiger partial charge in [0.1, 0.15) is 5.82 Å². The normalized spacial score (nSPS) is 17.9. The van der Waals surface area contributed by atoms with Gasteiger partial charge in [-0.1, -0.05) is 6.07 Å². The zero-order valence-electron chi connectivity index (χ0n) is 10.2. The second-order valence-electron chi connectivity index (χ2n) is 4.56. The lowest BCUT2D eigenvalue weighted by Crippen LogP contribution is -2.33. The van der Waals surface area contributed by atoms with Crippen molar-refractivity contribution in [1.82, 2.24) is 9.88 Å². The summed E-state index contributed by atoms with van der Waals surface area (Å²) in [5.41, 5.74) is 0. The van der Waals surface area contributed by atoms with Crippen LogP contribution in [0.25, 0.3) is 0 Å². The molecule has 0 spiro atoms. The van der Waals surface area contributed by atoms with Crippen LogP contribution in [0.5, 0.6) is 0 Å². The minimum absolute atomic E-state index is 0.0445. The van der Waals surface area contributed by atoms with Gasteiger partial charge in [0.15, 0.2) is 0 Å². The molecule has 0 aromatic carbocycles. The molecule has 1 atom stereocenters. The number of nitrogens with one attached hydrogen (secondary N) is 1. The van der Waals surface area contributed by atoms with Gasteiger partial charge in [0.05, 0.1) is 0 Å². The Morgan fingerprint density at radius 2 is 2.24 bits per heavy atom. The molecular formula is C13H19N3O. The highest BCUT2D eigenvalue weighted by Crippen LogP contribution is 2.14. The molecule has 4 nitrogen and oxygen atoms in total. The molecule has 0 saturated carbocycles. The molecule has 1 aromatic rings. The smallest absolute Gasteiger partial charge is 0.227 e. The summed E-state index contributed by atoms with van der Waals surface area (Å²) in [5, 5.41) is 2.82. The third-order valence-corrected chi connectivity index (χ3v) is 3.18. The van der Waals surface area contributed by atoms with Crippen molar-refractivity contribution >= 4 is 11.7 Å². The number of hydrogen-bond acceptors (Lipinski definition) is 3. The van der Waals surface area contributed by atoms with Crippen LogP contribution in [-0.4, -0.2) is 34.9 Å². The lowest BCUT2D eigenvalue weighted by molar-refractivity contribution is -0.117. The molecule has 1 aromatic heterocycles. The molecule has 17 heavy (non-hydrogen) atoms. The molecule has 1 N–H and O–H groups in total. The fourth-order valence-corrected chi connectivity index (χ4v) is 2.21. The Balaban J connectivity index is 1.80. The first kappa shape index (κ1) is 12.0. The van der Waals surface area contributed by atoms with Crippen LogP contribution in [0.1, 0.15) is 26.2 Å². The summed E-state index contributed by atoms with van der Waals surface area (Å²) in [6.07, 6.45) is 4.73. The van der Waals surface area contributed by atoms with Crippen molar-refractivity contribution in [2.75, 3.05) is 18.4 Å². The topological polar surface area (TPSA) is 45.2 Å². The number of rotatable bonds is 4. The number of nitrogens with zero attached hydrogens (tertiary/aromatic N) is 2. The van der Waals surface area contributed by atoms with E-state index < -0.39 is 0 Å². The number of pyridine rings is 1. The van der Waals surface area contributed by atoms with E-state index in [4.69, 9.17) is 0 Å². The van der Waals surface area contributed by atoms with Crippen molar-refractivity contribution in [3.63, 3.8) is 0 Å². The van der Waals surface area contributed by atoms with Crippen molar-refractivity contribution in [2.24, 2.45) is 0 Å². The van der Waals surface area contributed by atoms with Crippen LogP contribution in [0, 0.1) is 0 Å². The molecule has 0 unspecified atom stereocenters. The predicted octanol–water partition coefficient (Wildman–Crippen LogP) is 1.89. The van der Waals surface area contributed by atoms with Crippen molar-refractivity contribution in [2.45, 2.75) is 32.2 Å². The van der Waals surface area contributed by atoms with Gasteiger partial charge in [0.25, 0.3) is 0 Å². The lowest BCUT2D eigenvalue weighted by Gasteiger charge is -2.22. The summed E-state index contributed by atoms with van der Waals surface area (Å²) in [7, 11) is 0. The van der Waals surface area contributed by atoms with E-state index in [1.165, 1.54) is 12.8 Å². The summed E-state index contributed by atoms with van der Waals surface area (Å²) in [6, 6.07) is 5.83. The summed E-state index contributed by atoms with van der Waals surface area (Å²) in [4.78, 5) is 18.3. The first-order chi connectivity index (χ1) is 8.25. The Morgan fingerprint density at radius 3 is 2.88 bits per heavy atom. The molecule has 1 aliphatic heterocycles. The quantitative estimate of drug-likeness (QED) is 0.863. The van der Waals surface area contributed by atoms with Gasteiger partial charge in [-0.15, -0.1) is 0 Å². The van der Waals surface area contributed by atoms with Crippen LogP contribution >= 0.6 is 0 Å². The van der Waals surface area contributed by atoms with Gasteiger partial charge in [-0.25, -0.2) is 4.98 Å². The number of likely N-dealkylation sites (tertiary alicyclic amines) is 1. The zero-order valence-corrected chi connectivity index (χ0v) is 10.2. The van der Waals surface area contributed by atoms with E-state index in [1.807, 2.05) is 12.1 Å². The number of hydrogen-bond donors (Lipinski definition) is 1. The van der Waals surface area contributed by atoms with Crippen molar-refractivity contribution in [3.05, 3.63) is 24.4 Å².